The summed E-state index contributed by atoms with van der Waals surface area (Å²) in [6.07, 6.45) is 5.42. The highest BCUT2D eigenvalue weighted by molar-refractivity contribution is 7.71. The van der Waals surface area contributed by atoms with Gasteiger partial charge in [0.15, 0.2) is 4.77 Å². The quantitative estimate of drug-likeness (QED) is 0.782. The van der Waals surface area contributed by atoms with Gasteiger partial charge in [0.25, 0.3) is 5.56 Å². The van der Waals surface area contributed by atoms with Gasteiger partial charge in [-0.3, -0.25) is 9.36 Å². The van der Waals surface area contributed by atoms with E-state index < -0.39 is 0 Å². The number of hydrogen-bond donors (Lipinski definition) is 1. The van der Waals surface area contributed by atoms with E-state index in [0.717, 1.165) is 29.5 Å². The van der Waals surface area contributed by atoms with Crippen molar-refractivity contribution in [2.75, 3.05) is 0 Å². The fourth-order valence-corrected chi connectivity index (χ4v) is 5.33. The van der Waals surface area contributed by atoms with Crippen LogP contribution in [0.5, 0.6) is 0 Å². The molecule has 1 aliphatic rings. The summed E-state index contributed by atoms with van der Waals surface area (Å²) in [5, 5.41) is 0.903. The fraction of sp³-hybridized carbons (Fsp3) is 0.667. The average molecular weight is 351 g/mol. The molecule has 0 bridgehead atoms. The van der Waals surface area contributed by atoms with Gasteiger partial charge >= 0.3 is 0 Å². The minimum Gasteiger partial charge on any atom is -0.323 e. The topological polar surface area (TPSA) is 37.8 Å². The van der Waals surface area contributed by atoms with Gasteiger partial charge in [0, 0.05) is 11.4 Å². The smallest absolute Gasteiger partial charge is 0.263 e. The first-order chi connectivity index (χ1) is 10.9. The van der Waals surface area contributed by atoms with Crippen molar-refractivity contribution in [3.05, 3.63) is 25.6 Å². The highest BCUT2D eigenvalue weighted by atomic mass is 32.1. The zero-order valence-electron chi connectivity index (χ0n) is 14.5. The molecule has 0 aliphatic heterocycles. The summed E-state index contributed by atoms with van der Waals surface area (Å²) in [4.78, 5) is 18.6. The predicted octanol–water partition coefficient (Wildman–Crippen LogP) is 5.07. The molecule has 5 heteroatoms. The minimum absolute atomic E-state index is 0.108. The molecule has 2 aromatic heterocycles. The Morgan fingerprint density at radius 1 is 1.39 bits per heavy atom. The lowest BCUT2D eigenvalue weighted by Gasteiger charge is -2.36. The van der Waals surface area contributed by atoms with Gasteiger partial charge in [-0.15, -0.1) is 11.3 Å². The summed E-state index contributed by atoms with van der Waals surface area (Å²) in [6.45, 7) is 9.79. The SMILES string of the molecule is CCCn1c(=S)[nH]c2sc3c(c2c1=O)CCC(C(C)(C)CC)C3. The molecule has 1 atom stereocenters. The number of aromatic amines is 1. The molecule has 2 heterocycles. The number of aromatic nitrogens is 2. The highest BCUT2D eigenvalue weighted by Gasteiger charge is 2.33. The maximum Gasteiger partial charge on any atom is 0.263 e. The lowest BCUT2D eigenvalue weighted by atomic mass is 9.70. The first-order valence-corrected chi connectivity index (χ1v) is 9.88. The number of nitrogens with zero attached hydrogens (tertiary/aromatic N) is 1. The Kier molecular flexibility index (Phi) is 4.53. The van der Waals surface area contributed by atoms with Crippen molar-refractivity contribution in [1.29, 1.82) is 0 Å². The van der Waals surface area contributed by atoms with Gasteiger partial charge in [-0.05, 0) is 54.8 Å². The van der Waals surface area contributed by atoms with Crippen molar-refractivity contribution >= 4 is 33.8 Å². The number of aryl methyl sites for hydroxylation is 1. The summed E-state index contributed by atoms with van der Waals surface area (Å²) in [5.74, 6) is 0.703. The zero-order valence-corrected chi connectivity index (χ0v) is 16.1. The van der Waals surface area contributed by atoms with Gasteiger partial charge in [0.05, 0.1) is 5.39 Å². The van der Waals surface area contributed by atoms with Crippen LogP contribution in [0.1, 0.15) is 57.4 Å². The van der Waals surface area contributed by atoms with Crippen molar-refractivity contribution in [1.82, 2.24) is 9.55 Å². The van der Waals surface area contributed by atoms with Crippen molar-refractivity contribution in [3.63, 3.8) is 0 Å². The van der Waals surface area contributed by atoms with E-state index in [9.17, 15) is 4.79 Å². The number of fused-ring (bicyclic) bond motifs is 3. The third kappa shape index (κ3) is 2.82. The van der Waals surface area contributed by atoms with Gasteiger partial charge in [-0.1, -0.05) is 34.1 Å². The number of hydrogen-bond acceptors (Lipinski definition) is 3. The molecule has 2 aromatic rings. The summed E-state index contributed by atoms with van der Waals surface area (Å²) >= 11 is 7.14. The first kappa shape index (κ1) is 16.9. The van der Waals surface area contributed by atoms with Crippen molar-refractivity contribution in [2.24, 2.45) is 11.3 Å². The van der Waals surface area contributed by atoms with E-state index in [1.165, 1.54) is 23.3 Å². The Balaban J connectivity index is 2.12. The van der Waals surface area contributed by atoms with Crippen LogP contribution in [0.4, 0.5) is 0 Å². The molecule has 3 rings (SSSR count). The van der Waals surface area contributed by atoms with Crippen molar-refractivity contribution in [3.8, 4) is 0 Å². The normalized spacial score (nSPS) is 18.3. The molecule has 0 spiro atoms. The Bertz CT molecular complexity index is 841. The highest BCUT2D eigenvalue weighted by Crippen LogP contribution is 2.43. The van der Waals surface area contributed by atoms with Gasteiger partial charge in [0.2, 0.25) is 0 Å². The third-order valence-corrected chi connectivity index (χ3v) is 7.15. The largest absolute Gasteiger partial charge is 0.323 e. The van der Waals surface area contributed by atoms with Gasteiger partial charge in [-0.2, -0.15) is 0 Å². The Morgan fingerprint density at radius 3 is 2.78 bits per heavy atom. The number of rotatable bonds is 4. The Hall–Kier alpha value is -0.940. The van der Waals surface area contributed by atoms with Crippen molar-refractivity contribution < 1.29 is 0 Å². The second-order valence-electron chi connectivity index (χ2n) is 7.38. The number of H-pyrrole nitrogens is 1. The first-order valence-electron chi connectivity index (χ1n) is 8.66. The monoisotopic (exact) mass is 350 g/mol. The molecule has 1 N–H and O–H groups in total. The summed E-state index contributed by atoms with van der Waals surface area (Å²) < 4.78 is 2.29. The molecule has 3 nitrogen and oxygen atoms in total. The van der Waals surface area contributed by atoms with Crippen LogP contribution >= 0.6 is 23.6 Å². The van der Waals surface area contributed by atoms with Crippen LogP contribution in [-0.4, -0.2) is 9.55 Å². The van der Waals surface area contributed by atoms with Crippen LogP contribution in [0.3, 0.4) is 0 Å². The standard InChI is InChI=1S/C18H26N2OS2/c1-5-9-20-16(21)14-12-8-7-11(18(3,4)6-2)10-13(12)23-15(14)19-17(20)22/h11H,5-10H2,1-4H3,(H,19,22). The second-order valence-corrected chi connectivity index (χ2v) is 8.87. The Labute approximate surface area is 146 Å². The molecule has 0 radical (unpaired) electrons. The molecular formula is C18H26N2OS2. The van der Waals surface area contributed by atoms with E-state index >= 15 is 0 Å². The molecule has 0 aromatic carbocycles. The summed E-state index contributed by atoms with van der Waals surface area (Å²) in [7, 11) is 0. The predicted molar refractivity (Wildman–Crippen MR) is 101 cm³/mol. The van der Waals surface area contributed by atoms with Crippen LogP contribution in [0, 0.1) is 16.1 Å². The number of thiophene rings is 1. The zero-order chi connectivity index (χ0) is 16.8. The van der Waals surface area contributed by atoms with Crippen LogP contribution < -0.4 is 5.56 Å². The molecule has 23 heavy (non-hydrogen) atoms. The molecule has 0 saturated heterocycles. The lowest BCUT2D eigenvalue weighted by molar-refractivity contribution is 0.184. The van der Waals surface area contributed by atoms with E-state index in [1.54, 1.807) is 15.9 Å². The van der Waals surface area contributed by atoms with Crippen LogP contribution in [0.15, 0.2) is 4.79 Å². The maximum absolute atomic E-state index is 12.9. The molecule has 1 unspecified atom stereocenters. The molecule has 126 valence electrons. The number of nitrogens with one attached hydrogen (secondary N) is 1. The van der Waals surface area contributed by atoms with E-state index in [4.69, 9.17) is 12.2 Å². The molecule has 1 aliphatic carbocycles. The van der Waals surface area contributed by atoms with E-state index in [2.05, 4.69) is 32.7 Å². The fourth-order valence-electron chi connectivity index (χ4n) is 3.67. The molecule has 0 saturated carbocycles. The summed E-state index contributed by atoms with van der Waals surface area (Å²) in [6, 6.07) is 0. The molecule has 0 amide bonds. The summed E-state index contributed by atoms with van der Waals surface area (Å²) in [5.41, 5.74) is 1.76. The van der Waals surface area contributed by atoms with Gasteiger partial charge < -0.3 is 4.98 Å². The van der Waals surface area contributed by atoms with Crippen LogP contribution in [-0.2, 0) is 19.4 Å². The second kappa shape index (κ2) is 6.17. The maximum atomic E-state index is 12.9. The van der Waals surface area contributed by atoms with Crippen LogP contribution in [0.25, 0.3) is 10.2 Å². The average Bonchev–Trinajstić information content (AvgIpc) is 2.88. The minimum atomic E-state index is 0.108. The molecular weight excluding hydrogens is 324 g/mol. The van der Waals surface area contributed by atoms with E-state index in [1.807, 2.05) is 0 Å². The van der Waals surface area contributed by atoms with Gasteiger partial charge in [0.1, 0.15) is 4.83 Å². The lowest BCUT2D eigenvalue weighted by Crippen LogP contribution is -2.29. The van der Waals surface area contributed by atoms with Crippen LogP contribution in [0.2, 0.25) is 0 Å². The van der Waals surface area contributed by atoms with Gasteiger partial charge in [-0.25, -0.2) is 0 Å². The molecule has 0 fully saturated rings. The van der Waals surface area contributed by atoms with E-state index in [-0.39, 0.29) is 5.56 Å². The van der Waals surface area contributed by atoms with E-state index in [0.29, 0.717) is 22.6 Å². The third-order valence-electron chi connectivity index (χ3n) is 5.65. The Morgan fingerprint density at radius 2 is 2.13 bits per heavy atom. The van der Waals surface area contributed by atoms with Crippen molar-refractivity contribution in [2.45, 2.75) is 66.3 Å².